The molecule has 3 rings (SSSR count). The lowest BCUT2D eigenvalue weighted by molar-refractivity contribution is -0.122. The third-order valence-corrected chi connectivity index (χ3v) is 5.54. The molecule has 0 aliphatic heterocycles. The van der Waals surface area contributed by atoms with Crippen molar-refractivity contribution in [3.05, 3.63) is 88.2 Å². The maximum atomic E-state index is 14.0. The number of nitrogens with one attached hydrogen (secondary N) is 2. The van der Waals surface area contributed by atoms with Crippen molar-refractivity contribution in [2.24, 2.45) is 0 Å². The Morgan fingerprint density at radius 3 is 2.58 bits per heavy atom. The monoisotopic (exact) mass is 472 g/mol. The van der Waals surface area contributed by atoms with Crippen LogP contribution < -0.4 is 20.1 Å². The van der Waals surface area contributed by atoms with Gasteiger partial charge in [-0.1, -0.05) is 35.9 Å². The number of likely N-dealkylation sites (N-methyl/N-ethyl adjacent to an activating group) is 1. The molecule has 0 saturated heterocycles. The van der Waals surface area contributed by atoms with Gasteiger partial charge in [0.05, 0.1) is 18.2 Å². The first-order chi connectivity index (χ1) is 15.9. The lowest BCUT2D eigenvalue weighted by atomic mass is 10.0. The number of rotatable bonds is 10. The molecule has 3 aromatic carbocycles. The smallest absolute Gasteiger partial charge is 0.237 e. The van der Waals surface area contributed by atoms with Crippen molar-refractivity contribution in [2.45, 2.75) is 25.6 Å². The van der Waals surface area contributed by atoms with Crippen molar-refractivity contribution in [1.82, 2.24) is 10.6 Å². The summed E-state index contributed by atoms with van der Waals surface area (Å²) in [7, 11) is 3.13. The van der Waals surface area contributed by atoms with Crippen molar-refractivity contribution < 1.29 is 23.8 Å². The Labute approximate surface area is 197 Å². The minimum Gasteiger partial charge on any atom is -0.508 e. The van der Waals surface area contributed by atoms with Crippen LogP contribution in [0, 0.1) is 5.82 Å². The first-order valence-electron chi connectivity index (χ1n) is 10.4. The normalized spacial score (nSPS) is 11.6. The van der Waals surface area contributed by atoms with Gasteiger partial charge < -0.3 is 25.2 Å². The Bertz CT molecular complexity index is 1070. The minimum atomic E-state index is -0.483. The van der Waals surface area contributed by atoms with Crippen molar-refractivity contribution >= 4 is 17.5 Å². The highest BCUT2D eigenvalue weighted by Crippen LogP contribution is 2.27. The minimum absolute atomic E-state index is 0.0162. The van der Waals surface area contributed by atoms with Gasteiger partial charge in [0.2, 0.25) is 5.91 Å². The molecule has 6 nitrogen and oxygen atoms in total. The number of hydrogen-bond donors (Lipinski definition) is 3. The molecule has 33 heavy (non-hydrogen) atoms. The summed E-state index contributed by atoms with van der Waals surface area (Å²) in [5.74, 6) is 0.669. The van der Waals surface area contributed by atoms with Gasteiger partial charge in [0.25, 0.3) is 0 Å². The van der Waals surface area contributed by atoms with Crippen LogP contribution in [0.15, 0.2) is 60.7 Å². The topological polar surface area (TPSA) is 79.8 Å². The fourth-order valence-corrected chi connectivity index (χ4v) is 3.54. The molecule has 0 heterocycles. The van der Waals surface area contributed by atoms with Gasteiger partial charge in [-0.05, 0) is 42.3 Å². The first-order valence-corrected chi connectivity index (χ1v) is 10.7. The molecule has 1 atom stereocenters. The van der Waals surface area contributed by atoms with Gasteiger partial charge in [0.15, 0.2) is 0 Å². The predicted octanol–water partition coefficient (Wildman–Crippen LogP) is 4.22. The summed E-state index contributed by atoms with van der Waals surface area (Å²) >= 11 is 6.06. The molecule has 0 spiro atoms. The summed E-state index contributed by atoms with van der Waals surface area (Å²) in [6, 6.07) is 16.0. The third-order valence-electron chi connectivity index (χ3n) is 5.18. The zero-order valence-electron chi connectivity index (χ0n) is 18.4. The van der Waals surface area contributed by atoms with Crippen LogP contribution in [0.2, 0.25) is 5.02 Å². The van der Waals surface area contributed by atoms with E-state index in [1.54, 1.807) is 62.7 Å². The first kappa shape index (κ1) is 24.4. The number of carbonyl (C=O) groups is 1. The molecule has 0 saturated carbocycles. The van der Waals surface area contributed by atoms with E-state index in [9.17, 15) is 14.3 Å². The van der Waals surface area contributed by atoms with Crippen LogP contribution in [0.4, 0.5) is 4.39 Å². The number of hydrogen-bond acceptors (Lipinski definition) is 5. The van der Waals surface area contributed by atoms with Crippen molar-refractivity contribution in [2.75, 3.05) is 14.2 Å². The third kappa shape index (κ3) is 6.60. The number of aromatic hydroxyl groups is 1. The highest BCUT2D eigenvalue weighted by molar-refractivity contribution is 6.31. The second kappa shape index (κ2) is 11.5. The fraction of sp³-hybridized carbons (Fsp3) is 0.240. The Morgan fingerprint density at radius 1 is 1.15 bits per heavy atom. The van der Waals surface area contributed by atoms with Crippen LogP contribution >= 0.6 is 11.6 Å². The number of phenols is 1. The van der Waals surface area contributed by atoms with Gasteiger partial charge in [-0.2, -0.15) is 0 Å². The van der Waals surface area contributed by atoms with Crippen molar-refractivity contribution in [3.63, 3.8) is 0 Å². The molecule has 0 fully saturated rings. The largest absolute Gasteiger partial charge is 0.508 e. The summed E-state index contributed by atoms with van der Waals surface area (Å²) in [6.45, 7) is 0.358. The van der Waals surface area contributed by atoms with E-state index in [1.165, 1.54) is 6.07 Å². The zero-order valence-corrected chi connectivity index (χ0v) is 19.2. The Balaban J connectivity index is 1.67. The summed E-state index contributed by atoms with van der Waals surface area (Å²) in [5.41, 5.74) is 2.02. The van der Waals surface area contributed by atoms with Crippen LogP contribution in [0.5, 0.6) is 17.2 Å². The summed E-state index contributed by atoms with van der Waals surface area (Å²) in [4.78, 5) is 12.4. The van der Waals surface area contributed by atoms with E-state index in [2.05, 4.69) is 10.6 Å². The number of phenolic OH excluding ortho intramolecular Hbond substituents is 1. The van der Waals surface area contributed by atoms with E-state index in [4.69, 9.17) is 21.1 Å². The molecule has 1 amide bonds. The lowest BCUT2D eigenvalue weighted by Gasteiger charge is -2.19. The number of ether oxygens (including phenoxy) is 2. The second-order valence-electron chi connectivity index (χ2n) is 7.38. The number of benzene rings is 3. The molecule has 3 N–H and O–H groups in total. The Hall–Kier alpha value is -3.29. The number of carbonyl (C=O) groups excluding carboxylic acids is 1. The SMILES string of the molecule is CNC(=O)[C@H](Cc1ccc(O)cc1)NCc1ccc(OCc2c(F)cccc2Cl)cc1OC. The van der Waals surface area contributed by atoms with E-state index in [-0.39, 0.29) is 23.8 Å². The average Bonchev–Trinajstić information content (AvgIpc) is 2.82. The molecular formula is C25H26ClFN2O4. The molecule has 0 aliphatic carbocycles. The Kier molecular flexibility index (Phi) is 8.52. The van der Waals surface area contributed by atoms with Gasteiger partial charge in [0.1, 0.15) is 29.7 Å². The summed E-state index contributed by atoms with van der Waals surface area (Å²) < 4.78 is 25.2. The van der Waals surface area contributed by atoms with Crippen LogP contribution in [0.1, 0.15) is 16.7 Å². The van der Waals surface area contributed by atoms with E-state index in [1.807, 2.05) is 6.07 Å². The van der Waals surface area contributed by atoms with Crippen LogP contribution in [0.3, 0.4) is 0 Å². The molecule has 0 aromatic heterocycles. The molecule has 0 unspecified atom stereocenters. The second-order valence-corrected chi connectivity index (χ2v) is 7.79. The lowest BCUT2D eigenvalue weighted by Crippen LogP contribution is -2.44. The van der Waals surface area contributed by atoms with Gasteiger partial charge in [-0.3, -0.25) is 4.79 Å². The summed E-state index contributed by atoms with van der Waals surface area (Å²) in [6.07, 6.45) is 0.451. The van der Waals surface area contributed by atoms with E-state index >= 15 is 0 Å². The van der Waals surface area contributed by atoms with Gasteiger partial charge in [-0.25, -0.2) is 4.39 Å². The van der Waals surface area contributed by atoms with Gasteiger partial charge >= 0.3 is 0 Å². The fourth-order valence-electron chi connectivity index (χ4n) is 3.32. The molecule has 174 valence electrons. The maximum absolute atomic E-state index is 14.0. The number of amides is 1. The molecular weight excluding hydrogens is 447 g/mol. The van der Waals surface area contributed by atoms with Gasteiger partial charge in [0, 0.05) is 30.8 Å². The van der Waals surface area contributed by atoms with Gasteiger partial charge in [-0.15, -0.1) is 0 Å². The molecule has 0 radical (unpaired) electrons. The van der Waals surface area contributed by atoms with E-state index in [0.717, 1.165) is 11.1 Å². The van der Waals surface area contributed by atoms with Crippen LogP contribution in [-0.4, -0.2) is 31.2 Å². The Morgan fingerprint density at radius 2 is 1.91 bits per heavy atom. The zero-order chi connectivity index (χ0) is 23.8. The standard InChI is InChI=1S/C25H26ClFN2O4/c1-28-25(31)23(12-16-6-9-18(30)10-7-16)29-14-17-8-11-19(13-24(17)32-2)33-15-20-21(26)4-3-5-22(20)27/h3-11,13,23,29-30H,12,14-15H2,1-2H3,(H,28,31)/t23-/m0/s1. The average molecular weight is 473 g/mol. The highest BCUT2D eigenvalue weighted by Gasteiger charge is 2.18. The molecule has 0 bridgehead atoms. The highest BCUT2D eigenvalue weighted by atomic mass is 35.5. The van der Waals surface area contributed by atoms with E-state index < -0.39 is 11.9 Å². The maximum Gasteiger partial charge on any atom is 0.237 e. The number of methoxy groups -OCH3 is 1. The predicted molar refractivity (Wildman–Crippen MR) is 125 cm³/mol. The molecule has 0 aliphatic rings. The van der Waals surface area contributed by atoms with Crippen molar-refractivity contribution in [1.29, 1.82) is 0 Å². The van der Waals surface area contributed by atoms with Crippen molar-refractivity contribution in [3.8, 4) is 17.2 Å². The van der Waals surface area contributed by atoms with Crippen LogP contribution in [0.25, 0.3) is 0 Å². The number of halogens is 2. The van der Waals surface area contributed by atoms with Crippen LogP contribution in [-0.2, 0) is 24.4 Å². The molecule has 8 heteroatoms. The quantitative estimate of drug-likeness (QED) is 0.412. The summed E-state index contributed by atoms with van der Waals surface area (Å²) in [5, 5.41) is 15.7. The molecule has 3 aromatic rings. The van der Waals surface area contributed by atoms with E-state index in [0.29, 0.717) is 29.5 Å².